The zero-order chi connectivity index (χ0) is 16.0. The van der Waals surface area contributed by atoms with Crippen LogP contribution in [0.15, 0.2) is 30.3 Å². The summed E-state index contributed by atoms with van der Waals surface area (Å²) < 4.78 is 4.97. The number of esters is 1. The topological polar surface area (TPSA) is 43.4 Å². The molecule has 116 valence electrons. The van der Waals surface area contributed by atoms with Crippen LogP contribution in [0.5, 0.6) is 0 Å². The molecule has 0 fully saturated rings. The first-order valence-corrected chi connectivity index (χ1v) is 10.5. The molecule has 0 aliphatic heterocycles. The first-order chi connectivity index (χ1) is 9.80. The average Bonchev–Trinajstić information content (AvgIpc) is 2.47. The number of methoxy groups -OCH3 is 1. The van der Waals surface area contributed by atoms with Crippen LogP contribution in [0.1, 0.15) is 26.7 Å². The molecule has 0 N–H and O–H groups in total. The number of benzene rings is 1. The summed E-state index contributed by atoms with van der Waals surface area (Å²) in [6, 6.07) is 10.4. The number of carbonyl (C=O) groups excluding carboxylic acids is 2. The van der Waals surface area contributed by atoms with Gasteiger partial charge >= 0.3 is 5.97 Å². The molecule has 3 nitrogen and oxygen atoms in total. The molecule has 1 aromatic carbocycles. The van der Waals surface area contributed by atoms with E-state index in [0.717, 1.165) is 0 Å². The molecule has 0 amide bonds. The lowest BCUT2D eigenvalue weighted by Gasteiger charge is -2.35. The van der Waals surface area contributed by atoms with Crippen LogP contribution in [-0.4, -0.2) is 26.9 Å². The molecular formula is C17H26O3Si. The van der Waals surface area contributed by atoms with E-state index in [0.29, 0.717) is 12.8 Å². The van der Waals surface area contributed by atoms with Gasteiger partial charge in [-0.05, 0) is 18.9 Å². The highest BCUT2D eigenvalue weighted by molar-refractivity contribution is 6.91. The van der Waals surface area contributed by atoms with Gasteiger partial charge in [-0.25, -0.2) is 0 Å². The molecule has 1 aromatic rings. The third kappa shape index (κ3) is 4.53. The van der Waals surface area contributed by atoms with Gasteiger partial charge in [0.1, 0.15) is 5.78 Å². The van der Waals surface area contributed by atoms with Gasteiger partial charge < -0.3 is 9.53 Å². The van der Waals surface area contributed by atoms with Crippen molar-refractivity contribution < 1.29 is 14.3 Å². The predicted octanol–water partition coefficient (Wildman–Crippen LogP) is 3.15. The predicted molar refractivity (Wildman–Crippen MR) is 88.4 cm³/mol. The zero-order valence-electron chi connectivity index (χ0n) is 13.7. The summed E-state index contributed by atoms with van der Waals surface area (Å²) in [7, 11) is -0.386. The summed E-state index contributed by atoms with van der Waals surface area (Å²) in [5.74, 6) is -0.281. The van der Waals surface area contributed by atoms with Crippen LogP contribution in [-0.2, 0) is 14.3 Å². The molecule has 4 heteroatoms. The Hall–Kier alpha value is -1.42. The van der Waals surface area contributed by atoms with Gasteiger partial charge in [-0.15, -0.1) is 0 Å². The zero-order valence-corrected chi connectivity index (χ0v) is 14.7. The van der Waals surface area contributed by atoms with Crippen LogP contribution in [0.4, 0.5) is 0 Å². The van der Waals surface area contributed by atoms with E-state index in [2.05, 4.69) is 32.2 Å². The largest absolute Gasteiger partial charge is 0.469 e. The SMILES string of the molecule is COC(=O)[C@@H](CCC(C)=O)[C@H](C)[Si](C)(C)c1ccccc1. The van der Waals surface area contributed by atoms with Gasteiger partial charge in [0.25, 0.3) is 0 Å². The average molecular weight is 306 g/mol. The second-order valence-electron chi connectivity index (χ2n) is 6.25. The van der Waals surface area contributed by atoms with Crippen LogP contribution in [0.3, 0.4) is 0 Å². The molecule has 0 aliphatic carbocycles. The van der Waals surface area contributed by atoms with Gasteiger partial charge in [-0.3, -0.25) is 4.79 Å². The van der Waals surface area contributed by atoms with E-state index in [-0.39, 0.29) is 23.2 Å². The van der Waals surface area contributed by atoms with Gasteiger partial charge in [-0.1, -0.05) is 55.5 Å². The highest BCUT2D eigenvalue weighted by Gasteiger charge is 2.39. The van der Waals surface area contributed by atoms with Gasteiger partial charge in [0.05, 0.1) is 21.1 Å². The quantitative estimate of drug-likeness (QED) is 0.574. The normalized spacial score (nSPS) is 14.3. The van der Waals surface area contributed by atoms with E-state index in [4.69, 9.17) is 4.74 Å². The molecule has 0 spiro atoms. The molecule has 0 bridgehead atoms. The Morgan fingerprint density at radius 3 is 2.24 bits per heavy atom. The lowest BCUT2D eigenvalue weighted by molar-refractivity contribution is -0.145. The van der Waals surface area contributed by atoms with E-state index < -0.39 is 8.07 Å². The molecule has 21 heavy (non-hydrogen) atoms. The summed E-state index contributed by atoms with van der Waals surface area (Å²) in [4.78, 5) is 23.4. The summed E-state index contributed by atoms with van der Waals surface area (Å²) in [6.45, 7) is 8.24. The fourth-order valence-corrected chi connectivity index (χ4v) is 5.60. The van der Waals surface area contributed by atoms with Crippen LogP contribution in [0.25, 0.3) is 0 Å². The van der Waals surface area contributed by atoms with Gasteiger partial charge in [0.2, 0.25) is 0 Å². The molecule has 0 saturated carbocycles. The minimum absolute atomic E-state index is 0.121. The maximum Gasteiger partial charge on any atom is 0.308 e. The van der Waals surface area contributed by atoms with Crippen molar-refractivity contribution in [1.29, 1.82) is 0 Å². The number of ketones is 1. The number of ether oxygens (including phenoxy) is 1. The summed E-state index contributed by atoms with van der Waals surface area (Å²) in [6.07, 6.45) is 1.01. The van der Waals surface area contributed by atoms with E-state index in [1.807, 2.05) is 18.2 Å². The highest BCUT2D eigenvalue weighted by atomic mass is 28.3. The molecule has 1 rings (SSSR count). The maximum atomic E-state index is 12.1. The van der Waals surface area contributed by atoms with Crippen molar-refractivity contribution >= 4 is 25.0 Å². The van der Waals surface area contributed by atoms with E-state index in [1.165, 1.54) is 12.3 Å². The molecule has 0 aromatic heterocycles. The van der Waals surface area contributed by atoms with E-state index in [9.17, 15) is 9.59 Å². The fraction of sp³-hybridized carbons (Fsp3) is 0.529. The number of rotatable bonds is 7. The Kier molecular flexibility index (Phi) is 6.34. The van der Waals surface area contributed by atoms with Crippen LogP contribution >= 0.6 is 0 Å². The Bertz CT molecular complexity index is 482. The van der Waals surface area contributed by atoms with Crippen LogP contribution in [0, 0.1) is 5.92 Å². The third-order valence-electron chi connectivity index (χ3n) is 4.57. The molecule has 0 saturated heterocycles. The summed E-state index contributed by atoms with van der Waals surface area (Å²) in [5.41, 5.74) is 0.215. The smallest absolute Gasteiger partial charge is 0.308 e. The Labute approximate surface area is 128 Å². The maximum absolute atomic E-state index is 12.1. The van der Waals surface area contributed by atoms with E-state index >= 15 is 0 Å². The standard InChI is InChI=1S/C17H26O3Si/c1-13(18)11-12-16(17(19)20-3)14(2)21(4,5)15-9-7-6-8-10-15/h6-10,14,16H,11-12H2,1-5H3/t14-,16-/m0/s1. The highest BCUT2D eigenvalue weighted by Crippen LogP contribution is 2.33. The summed E-state index contributed by atoms with van der Waals surface area (Å²) in [5, 5.41) is 1.33. The molecule has 0 radical (unpaired) electrons. The number of carbonyl (C=O) groups is 2. The molecule has 0 heterocycles. The van der Waals surface area contributed by atoms with Crippen molar-refractivity contribution in [3.05, 3.63) is 30.3 Å². The van der Waals surface area contributed by atoms with Gasteiger partial charge in [0.15, 0.2) is 0 Å². The number of Topliss-reactive ketones (excluding diaryl/α,β-unsaturated/α-hetero) is 1. The van der Waals surface area contributed by atoms with Gasteiger partial charge in [-0.2, -0.15) is 0 Å². The number of hydrogen-bond donors (Lipinski definition) is 0. The monoisotopic (exact) mass is 306 g/mol. The van der Waals surface area contributed by atoms with Crippen molar-refractivity contribution in [3.63, 3.8) is 0 Å². The summed E-state index contributed by atoms with van der Waals surface area (Å²) >= 11 is 0. The molecule has 2 atom stereocenters. The lowest BCUT2D eigenvalue weighted by atomic mass is 9.98. The van der Waals surface area contributed by atoms with Gasteiger partial charge in [0, 0.05) is 6.42 Å². The van der Waals surface area contributed by atoms with Crippen molar-refractivity contribution in [2.24, 2.45) is 5.92 Å². The second-order valence-corrected chi connectivity index (χ2v) is 11.2. The van der Waals surface area contributed by atoms with Crippen molar-refractivity contribution in [2.75, 3.05) is 7.11 Å². The molecule has 0 unspecified atom stereocenters. The Morgan fingerprint density at radius 1 is 1.19 bits per heavy atom. The molecular weight excluding hydrogens is 280 g/mol. The minimum atomic E-state index is -1.81. The number of hydrogen-bond acceptors (Lipinski definition) is 3. The van der Waals surface area contributed by atoms with E-state index in [1.54, 1.807) is 6.92 Å². The molecule has 0 aliphatic rings. The van der Waals surface area contributed by atoms with Crippen molar-refractivity contribution in [1.82, 2.24) is 0 Å². The second kappa shape index (κ2) is 7.55. The lowest BCUT2D eigenvalue weighted by Crippen LogP contribution is -2.48. The minimum Gasteiger partial charge on any atom is -0.469 e. The third-order valence-corrected chi connectivity index (χ3v) is 9.07. The van der Waals surface area contributed by atoms with Crippen molar-refractivity contribution in [3.8, 4) is 0 Å². The Balaban J connectivity index is 3.00. The fourth-order valence-electron chi connectivity index (χ4n) is 2.72. The first kappa shape index (κ1) is 17.6. The first-order valence-electron chi connectivity index (χ1n) is 7.43. The van der Waals surface area contributed by atoms with Crippen molar-refractivity contribution in [2.45, 2.75) is 45.3 Å². The van der Waals surface area contributed by atoms with Crippen LogP contribution in [0.2, 0.25) is 18.6 Å². The van der Waals surface area contributed by atoms with Crippen LogP contribution < -0.4 is 5.19 Å². The Morgan fingerprint density at radius 2 is 1.76 bits per heavy atom.